The largest absolute Gasteiger partial charge is 0.494 e. The van der Waals surface area contributed by atoms with Crippen molar-refractivity contribution in [2.45, 2.75) is 45.8 Å². The molecule has 2 aromatic carbocycles. The third kappa shape index (κ3) is 9.79. The van der Waals surface area contributed by atoms with E-state index in [9.17, 15) is 14.4 Å². The Morgan fingerprint density at radius 3 is 2.38 bits per heavy atom. The second-order valence-electron chi connectivity index (χ2n) is 13.4. The number of aromatic nitrogens is 4. The van der Waals surface area contributed by atoms with Gasteiger partial charge in [-0.2, -0.15) is 5.10 Å². The van der Waals surface area contributed by atoms with Crippen molar-refractivity contribution in [3.05, 3.63) is 77.2 Å². The van der Waals surface area contributed by atoms with Crippen LogP contribution < -0.4 is 42.2 Å². The van der Waals surface area contributed by atoms with Crippen LogP contribution in [-0.2, 0) is 13.1 Å². The molecule has 298 valence electrons. The van der Waals surface area contributed by atoms with E-state index in [0.717, 1.165) is 32.5 Å². The summed E-state index contributed by atoms with van der Waals surface area (Å²) in [6, 6.07) is 8.28. The number of hydrogen-bond donors (Lipinski definition) is 5. The van der Waals surface area contributed by atoms with E-state index in [2.05, 4.69) is 38.4 Å². The highest BCUT2D eigenvalue weighted by Gasteiger charge is 2.23. The Kier molecular flexibility index (Phi) is 14.0. The summed E-state index contributed by atoms with van der Waals surface area (Å²) >= 11 is 0. The predicted octanol–water partition coefficient (Wildman–Crippen LogP) is 2.95. The van der Waals surface area contributed by atoms with Gasteiger partial charge in [0.1, 0.15) is 35.0 Å². The van der Waals surface area contributed by atoms with E-state index in [0.29, 0.717) is 65.1 Å². The minimum absolute atomic E-state index is 0.213. The summed E-state index contributed by atoms with van der Waals surface area (Å²) in [5.74, 6) is -0.650. The third-order valence-electron chi connectivity index (χ3n) is 9.42. The number of imidazole rings is 1. The predicted molar refractivity (Wildman–Crippen MR) is 218 cm³/mol. The van der Waals surface area contributed by atoms with Crippen LogP contribution in [0, 0.1) is 6.92 Å². The Morgan fingerprint density at radius 2 is 1.71 bits per heavy atom. The maximum atomic E-state index is 13.7. The average Bonchev–Trinajstić information content (AvgIpc) is 3.74. The van der Waals surface area contributed by atoms with E-state index >= 15 is 0 Å². The highest BCUT2D eigenvalue weighted by molar-refractivity contribution is 6.04. The van der Waals surface area contributed by atoms with Gasteiger partial charge >= 0.3 is 0 Å². The van der Waals surface area contributed by atoms with Gasteiger partial charge in [-0.05, 0) is 83.9 Å². The molecule has 0 atom stereocenters. The van der Waals surface area contributed by atoms with Crippen molar-refractivity contribution in [2.75, 3.05) is 63.8 Å². The number of likely N-dealkylation sites (tertiary alicyclic amines) is 1. The van der Waals surface area contributed by atoms with Gasteiger partial charge in [0.15, 0.2) is 0 Å². The Morgan fingerprint density at radius 1 is 1.02 bits per heavy atom. The molecule has 1 saturated heterocycles. The summed E-state index contributed by atoms with van der Waals surface area (Å²) in [7, 11) is 3.31. The number of carbonyl (C=O) groups is 3. The molecule has 2 aromatic heterocycles. The SMILES string of the molecule is C=Nc1cc(C(N)=O)cc(OC)c1N(C/C=C/Cn1c(NC(=O)c2cc(C)nn2CC)nc2cc(C(N)=O)cc(OC/C=C\CN3CCC(N)CC3)c21)CNC. The summed E-state index contributed by atoms with van der Waals surface area (Å²) in [6.07, 6.45) is 9.78. The van der Waals surface area contributed by atoms with Gasteiger partial charge in [-0.1, -0.05) is 24.3 Å². The second-order valence-corrected chi connectivity index (χ2v) is 13.4. The van der Waals surface area contributed by atoms with Crippen molar-refractivity contribution in [1.82, 2.24) is 29.5 Å². The summed E-state index contributed by atoms with van der Waals surface area (Å²) in [5, 5.41) is 10.5. The Balaban J connectivity index is 1.48. The fraction of sp³-hybridized carbons (Fsp3) is 0.385. The number of aryl methyl sites for hydroxylation is 2. The van der Waals surface area contributed by atoms with Crippen LogP contribution in [0.3, 0.4) is 0 Å². The molecule has 8 N–H and O–H groups in total. The quantitative estimate of drug-likeness (QED) is 0.0530. The lowest BCUT2D eigenvalue weighted by Crippen LogP contribution is -2.39. The second kappa shape index (κ2) is 19.0. The molecule has 0 bridgehead atoms. The van der Waals surface area contributed by atoms with Gasteiger partial charge < -0.3 is 41.5 Å². The van der Waals surface area contributed by atoms with Crippen molar-refractivity contribution in [3.63, 3.8) is 0 Å². The number of rotatable bonds is 19. The molecule has 0 spiro atoms. The number of ether oxygens (including phenoxy) is 2. The molecule has 3 amide bonds. The van der Waals surface area contributed by atoms with Crippen molar-refractivity contribution in [1.29, 1.82) is 0 Å². The molecule has 0 unspecified atom stereocenters. The number of aliphatic imine (C=N–C) groups is 1. The molecule has 17 nitrogen and oxygen atoms in total. The lowest BCUT2D eigenvalue weighted by molar-refractivity contribution is 0.0991. The zero-order chi connectivity index (χ0) is 40.4. The number of anilines is 2. The van der Waals surface area contributed by atoms with E-state index < -0.39 is 17.7 Å². The van der Waals surface area contributed by atoms with Crippen molar-refractivity contribution in [2.24, 2.45) is 22.2 Å². The first-order chi connectivity index (χ1) is 27.0. The monoisotopic (exact) mass is 768 g/mol. The number of hydrogen-bond acceptors (Lipinski definition) is 12. The normalized spacial score (nSPS) is 13.8. The smallest absolute Gasteiger partial charge is 0.276 e. The number of nitrogens with one attached hydrogen (secondary N) is 2. The molecule has 3 heterocycles. The van der Waals surface area contributed by atoms with Crippen LogP contribution in [0.2, 0.25) is 0 Å². The minimum Gasteiger partial charge on any atom is -0.494 e. The number of piperidine rings is 1. The van der Waals surface area contributed by atoms with Crippen molar-refractivity contribution >= 4 is 52.8 Å². The van der Waals surface area contributed by atoms with Crippen LogP contribution in [-0.4, -0.2) is 108 Å². The van der Waals surface area contributed by atoms with Gasteiger partial charge in [-0.25, -0.2) is 4.98 Å². The highest BCUT2D eigenvalue weighted by Crippen LogP contribution is 2.39. The molecule has 0 radical (unpaired) electrons. The van der Waals surface area contributed by atoms with Gasteiger partial charge in [-0.15, -0.1) is 0 Å². The third-order valence-corrected chi connectivity index (χ3v) is 9.42. The molecule has 4 aromatic rings. The average molecular weight is 769 g/mol. The number of fused-ring (bicyclic) bond motifs is 1. The zero-order valence-corrected chi connectivity index (χ0v) is 32.5. The molecular formula is C39H52N12O5. The van der Waals surface area contributed by atoms with Crippen LogP contribution in [0.1, 0.15) is 56.7 Å². The highest BCUT2D eigenvalue weighted by atomic mass is 16.5. The van der Waals surface area contributed by atoms with E-state index in [4.69, 9.17) is 31.7 Å². The first kappa shape index (κ1) is 41.1. The van der Waals surface area contributed by atoms with Gasteiger partial charge in [0.2, 0.25) is 17.8 Å². The lowest BCUT2D eigenvalue weighted by atomic mass is 10.1. The molecule has 0 saturated carbocycles. The van der Waals surface area contributed by atoms with E-state index in [1.165, 1.54) is 7.11 Å². The number of nitrogens with two attached hydrogens (primary N) is 3. The van der Waals surface area contributed by atoms with E-state index in [1.54, 1.807) is 42.1 Å². The topological polar surface area (TPSA) is 226 Å². The maximum absolute atomic E-state index is 13.7. The lowest BCUT2D eigenvalue weighted by Gasteiger charge is -2.28. The standard InChI is InChI=1S/C39H52N12O5/c1-6-51-31(19-25(2)47-51)38(54)46-39-45-30-21-27(37(42)53)23-33(56-18-10-9-13-48-16-11-28(40)12-17-48)35(30)50(39)15-8-7-14-49(24-43-3)34-29(44-4)20-26(36(41)52)22-32(34)55-5/h7-10,19-23,28,43H,4,6,11-18,24,40H2,1-3,5H3,(H2,41,52)(H2,42,53)(H,45,46,54)/b8-7+,10-9-. The number of allylic oxidation sites excluding steroid dienone is 1. The molecular weight excluding hydrogens is 717 g/mol. The summed E-state index contributed by atoms with van der Waals surface area (Å²) < 4.78 is 15.4. The van der Waals surface area contributed by atoms with E-state index in [1.807, 2.05) is 41.5 Å². The minimum atomic E-state index is -0.643. The summed E-state index contributed by atoms with van der Waals surface area (Å²) in [6.45, 7) is 11.8. The summed E-state index contributed by atoms with van der Waals surface area (Å²) in [4.78, 5) is 51.3. The van der Waals surface area contributed by atoms with E-state index in [-0.39, 0.29) is 36.3 Å². The van der Waals surface area contributed by atoms with Crippen LogP contribution >= 0.6 is 0 Å². The number of carbonyl (C=O) groups excluding carboxylic acids is 3. The fourth-order valence-corrected chi connectivity index (χ4v) is 6.59. The number of benzene rings is 2. The van der Waals surface area contributed by atoms with Crippen molar-refractivity contribution < 1.29 is 23.9 Å². The van der Waals surface area contributed by atoms with Gasteiger partial charge in [-0.3, -0.25) is 34.3 Å². The van der Waals surface area contributed by atoms with Crippen LogP contribution in [0.5, 0.6) is 11.5 Å². The van der Waals surface area contributed by atoms with Crippen molar-refractivity contribution in [3.8, 4) is 11.5 Å². The maximum Gasteiger partial charge on any atom is 0.276 e. The van der Waals surface area contributed by atoms with Gasteiger partial charge in [0.05, 0.1) is 30.7 Å². The first-order valence-electron chi connectivity index (χ1n) is 18.5. The Bertz CT molecular complexity index is 2110. The first-order valence-corrected chi connectivity index (χ1v) is 18.5. The molecule has 1 aliphatic heterocycles. The Labute approximate surface area is 326 Å². The van der Waals surface area contributed by atoms with Gasteiger partial charge in [0.25, 0.3) is 5.91 Å². The number of nitrogens with zero attached hydrogens (tertiary/aromatic N) is 7. The van der Waals surface area contributed by atoms with Gasteiger partial charge in [0, 0.05) is 43.3 Å². The summed E-state index contributed by atoms with van der Waals surface area (Å²) in [5.41, 5.74) is 20.9. The van der Waals surface area contributed by atoms with Crippen LogP contribution in [0.4, 0.5) is 17.3 Å². The fourth-order valence-electron chi connectivity index (χ4n) is 6.59. The molecule has 1 fully saturated rings. The molecule has 0 aliphatic carbocycles. The molecule has 17 heteroatoms. The number of amides is 3. The molecule has 56 heavy (non-hydrogen) atoms. The molecule has 5 rings (SSSR count). The number of methoxy groups -OCH3 is 1. The van der Waals surface area contributed by atoms with Crippen LogP contribution in [0.15, 0.2) is 59.6 Å². The zero-order valence-electron chi connectivity index (χ0n) is 32.5. The number of primary amides is 2. The molecule has 1 aliphatic rings. The van der Waals surface area contributed by atoms with Crippen LogP contribution in [0.25, 0.3) is 11.0 Å². The Hall–Kier alpha value is -6.04.